The van der Waals surface area contributed by atoms with Crippen molar-refractivity contribution in [2.75, 3.05) is 13.7 Å². The van der Waals surface area contributed by atoms with Crippen molar-refractivity contribution in [1.29, 1.82) is 0 Å². The van der Waals surface area contributed by atoms with Gasteiger partial charge in [-0.15, -0.1) is 0 Å². The first-order valence-electron chi connectivity index (χ1n) is 6.13. The Hall–Kier alpha value is -1.06. The van der Waals surface area contributed by atoms with Gasteiger partial charge < -0.3 is 15.6 Å². The molecule has 2 atom stereocenters. The largest absolute Gasteiger partial charge is 0.496 e. The lowest BCUT2D eigenvalue weighted by molar-refractivity contribution is -0.00815. The quantitative estimate of drug-likeness (QED) is 0.798. The van der Waals surface area contributed by atoms with Crippen LogP contribution in [0.4, 0.5) is 0 Å². The Balaban J connectivity index is 3.09. The maximum absolute atomic E-state index is 10.7. The number of hydrogen-bond donors (Lipinski definition) is 2. The Morgan fingerprint density at radius 1 is 1.41 bits per heavy atom. The van der Waals surface area contributed by atoms with E-state index in [1.54, 1.807) is 7.11 Å². The van der Waals surface area contributed by atoms with E-state index in [1.807, 2.05) is 31.2 Å². The second-order valence-electron chi connectivity index (χ2n) is 4.57. The van der Waals surface area contributed by atoms with Gasteiger partial charge in [0.15, 0.2) is 0 Å². The summed E-state index contributed by atoms with van der Waals surface area (Å²) < 4.78 is 5.30. The molecule has 1 aromatic carbocycles. The van der Waals surface area contributed by atoms with Crippen molar-refractivity contribution in [3.63, 3.8) is 0 Å². The average molecular weight is 237 g/mol. The van der Waals surface area contributed by atoms with Gasteiger partial charge in [0.05, 0.1) is 12.7 Å². The van der Waals surface area contributed by atoms with E-state index in [1.165, 1.54) is 0 Å². The molecular formula is C14H23NO2. The second-order valence-corrected chi connectivity index (χ2v) is 4.57. The summed E-state index contributed by atoms with van der Waals surface area (Å²) in [5, 5.41) is 10.7. The number of rotatable bonds is 6. The molecule has 0 bridgehead atoms. The third kappa shape index (κ3) is 2.99. The maximum Gasteiger partial charge on any atom is 0.124 e. The predicted molar refractivity (Wildman–Crippen MR) is 70.0 cm³/mol. The normalized spacial score (nSPS) is 16.3. The molecule has 0 saturated heterocycles. The minimum atomic E-state index is -0.947. The van der Waals surface area contributed by atoms with Crippen LogP contribution in [0.1, 0.15) is 32.3 Å². The van der Waals surface area contributed by atoms with Crippen LogP contribution in [-0.4, -0.2) is 18.8 Å². The zero-order valence-corrected chi connectivity index (χ0v) is 10.9. The maximum atomic E-state index is 10.7. The van der Waals surface area contributed by atoms with Gasteiger partial charge in [0.25, 0.3) is 0 Å². The summed E-state index contributed by atoms with van der Waals surface area (Å²) >= 11 is 0. The third-order valence-corrected chi connectivity index (χ3v) is 3.37. The highest BCUT2D eigenvalue weighted by atomic mass is 16.5. The first kappa shape index (κ1) is 14.0. The van der Waals surface area contributed by atoms with Gasteiger partial charge in [0.2, 0.25) is 0 Å². The molecule has 2 unspecified atom stereocenters. The molecule has 0 aliphatic carbocycles. The average Bonchev–Trinajstić information content (AvgIpc) is 2.35. The van der Waals surface area contributed by atoms with Gasteiger partial charge in [-0.2, -0.15) is 0 Å². The molecule has 0 saturated carbocycles. The first-order valence-corrected chi connectivity index (χ1v) is 6.13. The van der Waals surface area contributed by atoms with E-state index in [2.05, 4.69) is 6.92 Å². The molecule has 0 aromatic heterocycles. The van der Waals surface area contributed by atoms with Crippen molar-refractivity contribution >= 4 is 0 Å². The zero-order chi connectivity index (χ0) is 12.9. The number of methoxy groups -OCH3 is 1. The number of hydrogen-bond acceptors (Lipinski definition) is 3. The molecule has 3 heteroatoms. The molecule has 0 spiro atoms. The van der Waals surface area contributed by atoms with E-state index in [0.717, 1.165) is 18.4 Å². The Bertz CT molecular complexity index is 350. The summed E-state index contributed by atoms with van der Waals surface area (Å²) in [6.45, 7) is 4.39. The SMILES string of the molecule is CCCC(CN)C(C)(O)c1ccccc1OC. The fourth-order valence-corrected chi connectivity index (χ4v) is 2.26. The number of nitrogens with two attached hydrogens (primary N) is 1. The number of benzene rings is 1. The van der Waals surface area contributed by atoms with Crippen LogP contribution in [0.5, 0.6) is 5.75 Å². The zero-order valence-electron chi connectivity index (χ0n) is 10.9. The van der Waals surface area contributed by atoms with Crippen LogP contribution >= 0.6 is 0 Å². The van der Waals surface area contributed by atoms with E-state index >= 15 is 0 Å². The van der Waals surface area contributed by atoms with Crippen LogP contribution in [0, 0.1) is 5.92 Å². The smallest absolute Gasteiger partial charge is 0.124 e. The Morgan fingerprint density at radius 2 is 2.06 bits per heavy atom. The summed E-state index contributed by atoms with van der Waals surface area (Å²) in [6, 6.07) is 7.57. The molecule has 0 aliphatic heterocycles. The molecule has 17 heavy (non-hydrogen) atoms. The van der Waals surface area contributed by atoms with Gasteiger partial charge in [0.1, 0.15) is 5.75 Å². The van der Waals surface area contributed by atoms with Crippen LogP contribution in [0.25, 0.3) is 0 Å². The fourth-order valence-electron chi connectivity index (χ4n) is 2.26. The molecular weight excluding hydrogens is 214 g/mol. The van der Waals surface area contributed by atoms with Crippen molar-refractivity contribution in [3.8, 4) is 5.75 Å². The molecule has 1 aromatic rings. The highest BCUT2D eigenvalue weighted by molar-refractivity contribution is 5.38. The standard InChI is InChI=1S/C14H23NO2/c1-4-7-11(10-15)14(2,16)12-8-5-6-9-13(12)17-3/h5-6,8-9,11,16H,4,7,10,15H2,1-3H3. The van der Waals surface area contributed by atoms with Gasteiger partial charge in [-0.3, -0.25) is 0 Å². The Kier molecular flexibility index (Phi) is 4.97. The number of ether oxygens (including phenoxy) is 1. The highest BCUT2D eigenvalue weighted by Gasteiger charge is 2.34. The van der Waals surface area contributed by atoms with Crippen LogP contribution in [0.15, 0.2) is 24.3 Å². The first-order chi connectivity index (χ1) is 8.07. The van der Waals surface area contributed by atoms with Gasteiger partial charge in [-0.25, -0.2) is 0 Å². The van der Waals surface area contributed by atoms with Gasteiger partial charge >= 0.3 is 0 Å². The lowest BCUT2D eigenvalue weighted by atomic mass is 9.80. The second kappa shape index (κ2) is 6.03. The topological polar surface area (TPSA) is 55.5 Å². The van der Waals surface area contributed by atoms with E-state index in [-0.39, 0.29) is 5.92 Å². The molecule has 1 rings (SSSR count). The van der Waals surface area contributed by atoms with Crippen molar-refractivity contribution in [2.45, 2.75) is 32.3 Å². The van der Waals surface area contributed by atoms with E-state index in [0.29, 0.717) is 12.3 Å². The minimum absolute atomic E-state index is 0.0452. The van der Waals surface area contributed by atoms with Crippen molar-refractivity contribution in [3.05, 3.63) is 29.8 Å². The predicted octanol–water partition coefficient (Wildman–Crippen LogP) is 2.28. The molecule has 3 nitrogen and oxygen atoms in total. The van der Waals surface area contributed by atoms with Gasteiger partial charge in [-0.1, -0.05) is 31.5 Å². The van der Waals surface area contributed by atoms with Crippen LogP contribution in [0.2, 0.25) is 0 Å². The van der Waals surface area contributed by atoms with Crippen molar-refractivity contribution < 1.29 is 9.84 Å². The fraction of sp³-hybridized carbons (Fsp3) is 0.571. The molecule has 0 radical (unpaired) electrons. The van der Waals surface area contributed by atoms with Crippen molar-refractivity contribution in [1.82, 2.24) is 0 Å². The van der Waals surface area contributed by atoms with Crippen molar-refractivity contribution in [2.24, 2.45) is 11.7 Å². The Labute approximate surface area is 104 Å². The molecule has 3 N–H and O–H groups in total. The summed E-state index contributed by atoms with van der Waals surface area (Å²) in [5.41, 5.74) is 5.64. The summed E-state index contributed by atoms with van der Waals surface area (Å²) in [4.78, 5) is 0. The number of aliphatic hydroxyl groups is 1. The Morgan fingerprint density at radius 3 is 2.59 bits per heavy atom. The van der Waals surface area contributed by atoms with E-state index in [4.69, 9.17) is 10.5 Å². The molecule has 0 fully saturated rings. The lowest BCUT2D eigenvalue weighted by Gasteiger charge is -2.33. The molecule has 0 aliphatic rings. The van der Waals surface area contributed by atoms with Gasteiger partial charge in [0, 0.05) is 11.5 Å². The van der Waals surface area contributed by atoms with E-state index < -0.39 is 5.60 Å². The van der Waals surface area contributed by atoms with Gasteiger partial charge in [-0.05, 0) is 26.0 Å². The van der Waals surface area contributed by atoms with Crippen LogP contribution in [0.3, 0.4) is 0 Å². The van der Waals surface area contributed by atoms with E-state index in [9.17, 15) is 5.11 Å². The molecule has 0 heterocycles. The summed E-state index contributed by atoms with van der Waals surface area (Å²) in [6.07, 6.45) is 1.91. The summed E-state index contributed by atoms with van der Waals surface area (Å²) in [7, 11) is 1.62. The monoisotopic (exact) mass is 237 g/mol. The molecule has 0 amide bonds. The number of para-hydroxylation sites is 1. The minimum Gasteiger partial charge on any atom is -0.496 e. The third-order valence-electron chi connectivity index (χ3n) is 3.37. The summed E-state index contributed by atoms with van der Waals surface area (Å²) in [5.74, 6) is 0.760. The van der Waals surface area contributed by atoms with Crippen LogP contribution < -0.4 is 10.5 Å². The highest BCUT2D eigenvalue weighted by Crippen LogP contribution is 2.36. The lowest BCUT2D eigenvalue weighted by Crippen LogP contribution is -2.37. The van der Waals surface area contributed by atoms with Crippen LogP contribution in [-0.2, 0) is 5.60 Å². The molecule has 96 valence electrons.